The second-order valence-electron chi connectivity index (χ2n) is 5.63. The Labute approximate surface area is 171 Å². The molecule has 0 heterocycles. The highest BCUT2D eigenvalue weighted by molar-refractivity contribution is 9.10. The van der Waals surface area contributed by atoms with Crippen molar-refractivity contribution >= 4 is 38.1 Å². The van der Waals surface area contributed by atoms with E-state index in [1.54, 1.807) is 60.7 Å². The Balaban J connectivity index is 1.61. The topological polar surface area (TPSA) is 84.8 Å². The summed E-state index contributed by atoms with van der Waals surface area (Å²) in [5, 5.41) is 3.76. The summed E-state index contributed by atoms with van der Waals surface area (Å²) < 4.78 is 30.2. The van der Waals surface area contributed by atoms with Crippen LogP contribution >= 0.6 is 15.9 Å². The van der Waals surface area contributed by atoms with Gasteiger partial charge in [0.05, 0.1) is 16.7 Å². The third-order valence-corrected chi connectivity index (χ3v) is 5.32. The number of ether oxygens (including phenoxy) is 1. The van der Waals surface area contributed by atoms with Crippen molar-refractivity contribution in [3.05, 3.63) is 94.5 Å². The largest absolute Gasteiger partial charge is 0.423 e. The molecule has 28 heavy (non-hydrogen) atoms. The standard InChI is InChI=1S/C20H15BrN2O4S/c21-17-6-4-5-16(13-17)20(24)27-18-11-9-15(10-12-18)14-22-23-28(25,26)19-7-2-1-3-8-19/h1-14,23H/b22-14-. The third-order valence-electron chi connectivity index (χ3n) is 3.59. The molecular formula is C20H15BrN2O4S. The fraction of sp³-hybridized carbons (Fsp3) is 0. The first-order valence-corrected chi connectivity index (χ1v) is 10.4. The van der Waals surface area contributed by atoms with E-state index in [4.69, 9.17) is 4.74 Å². The van der Waals surface area contributed by atoms with Crippen molar-refractivity contribution in [3.63, 3.8) is 0 Å². The lowest BCUT2D eigenvalue weighted by Gasteiger charge is -2.05. The van der Waals surface area contributed by atoms with Crippen LogP contribution in [0.4, 0.5) is 0 Å². The number of hydrogen-bond donors (Lipinski definition) is 1. The van der Waals surface area contributed by atoms with E-state index in [0.717, 1.165) is 4.47 Å². The maximum atomic E-state index is 12.1. The lowest BCUT2D eigenvalue weighted by atomic mass is 10.2. The minimum absolute atomic E-state index is 0.127. The summed E-state index contributed by atoms with van der Waals surface area (Å²) in [5.74, 6) is -0.106. The predicted molar refractivity (Wildman–Crippen MR) is 110 cm³/mol. The van der Waals surface area contributed by atoms with Crippen LogP contribution in [-0.4, -0.2) is 20.6 Å². The van der Waals surface area contributed by atoms with E-state index in [1.165, 1.54) is 18.3 Å². The van der Waals surface area contributed by atoms with E-state index in [9.17, 15) is 13.2 Å². The summed E-state index contributed by atoms with van der Waals surface area (Å²) in [5.41, 5.74) is 1.06. The first kappa shape index (κ1) is 19.8. The highest BCUT2D eigenvalue weighted by Gasteiger charge is 2.11. The van der Waals surface area contributed by atoms with Gasteiger partial charge in [-0.3, -0.25) is 0 Å². The Kier molecular flexibility index (Phi) is 6.23. The van der Waals surface area contributed by atoms with Crippen LogP contribution in [0.3, 0.4) is 0 Å². The van der Waals surface area contributed by atoms with Gasteiger partial charge in [0.25, 0.3) is 10.0 Å². The van der Waals surface area contributed by atoms with Crippen molar-refractivity contribution in [1.29, 1.82) is 0 Å². The van der Waals surface area contributed by atoms with Crippen molar-refractivity contribution in [2.45, 2.75) is 4.90 Å². The quantitative estimate of drug-likeness (QED) is 0.262. The molecule has 0 aliphatic heterocycles. The van der Waals surface area contributed by atoms with Gasteiger partial charge >= 0.3 is 5.97 Å². The maximum absolute atomic E-state index is 12.1. The molecule has 0 aliphatic carbocycles. The van der Waals surface area contributed by atoms with Crippen LogP contribution in [0.5, 0.6) is 5.75 Å². The number of esters is 1. The van der Waals surface area contributed by atoms with E-state index in [-0.39, 0.29) is 4.90 Å². The third kappa shape index (κ3) is 5.28. The van der Waals surface area contributed by atoms with Crippen LogP contribution < -0.4 is 9.57 Å². The second-order valence-corrected chi connectivity index (χ2v) is 8.21. The molecule has 0 spiro atoms. The Morgan fingerprint density at radius 1 is 0.964 bits per heavy atom. The van der Waals surface area contributed by atoms with Gasteiger partial charge < -0.3 is 4.74 Å². The zero-order valence-electron chi connectivity index (χ0n) is 14.4. The molecule has 0 atom stereocenters. The first-order chi connectivity index (χ1) is 13.4. The summed E-state index contributed by atoms with van der Waals surface area (Å²) in [7, 11) is -3.71. The van der Waals surface area contributed by atoms with Crippen molar-refractivity contribution in [2.75, 3.05) is 0 Å². The van der Waals surface area contributed by atoms with Gasteiger partial charge in [-0.15, -0.1) is 0 Å². The normalized spacial score (nSPS) is 11.3. The smallest absolute Gasteiger partial charge is 0.343 e. The molecule has 0 saturated carbocycles. The average molecular weight is 459 g/mol. The lowest BCUT2D eigenvalue weighted by Crippen LogP contribution is -2.18. The Bertz CT molecular complexity index is 1100. The van der Waals surface area contributed by atoms with Crippen LogP contribution in [0.15, 0.2) is 93.3 Å². The molecule has 0 aromatic heterocycles. The zero-order chi connectivity index (χ0) is 20.0. The number of carbonyl (C=O) groups is 1. The van der Waals surface area contributed by atoms with Gasteiger partial charge in [-0.05, 0) is 60.2 Å². The van der Waals surface area contributed by atoms with E-state index < -0.39 is 16.0 Å². The van der Waals surface area contributed by atoms with Crippen LogP contribution in [0.2, 0.25) is 0 Å². The van der Waals surface area contributed by atoms with Gasteiger partial charge in [-0.25, -0.2) is 9.63 Å². The molecule has 0 aliphatic rings. The molecule has 0 radical (unpaired) electrons. The summed E-state index contributed by atoms with van der Waals surface area (Å²) in [4.78, 5) is 14.4. The summed E-state index contributed by atoms with van der Waals surface area (Å²) >= 11 is 3.31. The van der Waals surface area contributed by atoms with Crippen LogP contribution in [0.1, 0.15) is 15.9 Å². The average Bonchev–Trinajstić information content (AvgIpc) is 2.70. The number of rotatable bonds is 6. The fourth-order valence-electron chi connectivity index (χ4n) is 2.23. The summed E-state index contributed by atoms with van der Waals surface area (Å²) in [6, 6.07) is 21.4. The molecule has 6 nitrogen and oxygen atoms in total. The number of hydrogen-bond acceptors (Lipinski definition) is 5. The number of halogens is 1. The van der Waals surface area contributed by atoms with E-state index in [2.05, 4.69) is 25.9 Å². The van der Waals surface area contributed by atoms with Crippen molar-refractivity contribution in [3.8, 4) is 5.75 Å². The van der Waals surface area contributed by atoms with Gasteiger partial charge in [0.1, 0.15) is 5.75 Å². The second kappa shape index (κ2) is 8.81. The zero-order valence-corrected chi connectivity index (χ0v) is 16.9. The summed E-state index contributed by atoms with van der Waals surface area (Å²) in [6.07, 6.45) is 1.36. The number of hydrazone groups is 1. The van der Waals surface area contributed by atoms with Crippen LogP contribution in [0.25, 0.3) is 0 Å². The highest BCUT2D eigenvalue weighted by atomic mass is 79.9. The molecule has 0 bridgehead atoms. The molecule has 0 amide bonds. The van der Waals surface area contributed by atoms with Crippen molar-refractivity contribution < 1.29 is 17.9 Å². The Hall–Kier alpha value is -2.97. The minimum Gasteiger partial charge on any atom is -0.423 e. The lowest BCUT2D eigenvalue weighted by molar-refractivity contribution is 0.0734. The minimum atomic E-state index is -3.71. The highest BCUT2D eigenvalue weighted by Crippen LogP contribution is 2.16. The molecule has 142 valence electrons. The monoisotopic (exact) mass is 458 g/mol. The molecule has 3 aromatic rings. The summed E-state index contributed by atoms with van der Waals surface area (Å²) in [6.45, 7) is 0. The van der Waals surface area contributed by atoms with Gasteiger partial charge in [-0.2, -0.15) is 13.5 Å². The number of sulfonamides is 1. The Morgan fingerprint density at radius 3 is 2.36 bits per heavy atom. The molecule has 8 heteroatoms. The molecule has 3 rings (SSSR count). The predicted octanol–water partition coefficient (Wildman–Crippen LogP) is 3.98. The van der Waals surface area contributed by atoms with Crippen LogP contribution in [-0.2, 0) is 10.0 Å². The fourth-order valence-corrected chi connectivity index (χ4v) is 3.44. The number of carbonyl (C=O) groups excluding carboxylic acids is 1. The van der Waals surface area contributed by atoms with Gasteiger partial charge in [0.2, 0.25) is 0 Å². The maximum Gasteiger partial charge on any atom is 0.343 e. The first-order valence-electron chi connectivity index (χ1n) is 8.12. The number of nitrogens with one attached hydrogen (secondary N) is 1. The molecule has 0 saturated heterocycles. The number of benzene rings is 3. The molecule has 1 N–H and O–H groups in total. The van der Waals surface area contributed by atoms with E-state index in [1.807, 2.05) is 6.07 Å². The van der Waals surface area contributed by atoms with Gasteiger partial charge in [-0.1, -0.05) is 40.2 Å². The SMILES string of the molecule is O=C(Oc1ccc(/C=N\NS(=O)(=O)c2ccccc2)cc1)c1cccc(Br)c1. The molecule has 0 fully saturated rings. The van der Waals surface area contributed by atoms with Gasteiger partial charge in [0, 0.05) is 4.47 Å². The molecular weight excluding hydrogens is 444 g/mol. The number of nitrogens with zero attached hydrogens (tertiary/aromatic N) is 1. The Morgan fingerprint density at radius 2 is 1.68 bits per heavy atom. The van der Waals surface area contributed by atoms with E-state index >= 15 is 0 Å². The molecule has 0 unspecified atom stereocenters. The molecule has 3 aromatic carbocycles. The van der Waals surface area contributed by atoms with Crippen molar-refractivity contribution in [1.82, 2.24) is 4.83 Å². The van der Waals surface area contributed by atoms with E-state index in [0.29, 0.717) is 16.9 Å². The van der Waals surface area contributed by atoms with Gasteiger partial charge in [0.15, 0.2) is 0 Å². The van der Waals surface area contributed by atoms with Crippen LogP contribution in [0, 0.1) is 0 Å². The van der Waals surface area contributed by atoms with Crippen molar-refractivity contribution in [2.24, 2.45) is 5.10 Å².